The van der Waals surface area contributed by atoms with Crippen LogP contribution in [0.4, 0.5) is 0 Å². The second kappa shape index (κ2) is 4.62. The molecule has 0 aliphatic heterocycles. The minimum Gasteiger partial charge on any atom is -0.264 e. The number of thiophene rings is 1. The van der Waals surface area contributed by atoms with Gasteiger partial charge in [0.25, 0.3) is 0 Å². The molecule has 0 aromatic carbocycles. The number of rotatable bonds is 3. The summed E-state index contributed by atoms with van der Waals surface area (Å²) in [5.74, 6) is 0. The standard InChI is InChI=1S/C14H15NS/c1-10(7-13-5-4-6-15-9-13)14-8-11(2)16-12(14)3/h4-6,8-9H,1,7H2,2-3H3. The molecule has 0 amide bonds. The van der Waals surface area contributed by atoms with Crippen molar-refractivity contribution in [2.45, 2.75) is 20.3 Å². The molecule has 0 saturated heterocycles. The Morgan fingerprint density at radius 2 is 2.25 bits per heavy atom. The summed E-state index contributed by atoms with van der Waals surface area (Å²) in [6.07, 6.45) is 4.58. The van der Waals surface area contributed by atoms with Crippen molar-refractivity contribution >= 4 is 16.9 Å². The van der Waals surface area contributed by atoms with E-state index in [9.17, 15) is 0 Å². The molecule has 1 nitrogen and oxygen atoms in total. The Kier molecular flexibility index (Phi) is 3.20. The maximum Gasteiger partial charge on any atom is 0.0303 e. The molecular formula is C14H15NS. The summed E-state index contributed by atoms with van der Waals surface area (Å²) >= 11 is 1.83. The lowest BCUT2D eigenvalue weighted by Crippen LogP contribution is -1.90. The Morgan fingerprint density at radius 3 is 2.81 bits per heavy atom. The van der Waals surface area contributed by atoms with E-state index in [2.05, 4.69) is 37.5 Å². The maximum atomic E-state index is 4.17. The quantitative estimate of drug-likeness (QED) is 0.774. The molecule has 0 spiro atoms. The number of nitrogens with zero attached hydrogens (tertiary/aromatic N) is 1. The first-order chi connectivity index (χ1) is 7.66. The zero-order valence-electron chi connectivity index (χ0n) is 9.66. The normalized spacial score (nSPS) is 10.4. The van der Waals surface area contributed by atoms with Crippen LogP contribution in [0.5, 0.6) is 0 Å². The van der Waals surface area contributed by atoms with Crippen LogP contribution in [0.1, 0.15) is 20.9 Å². The summed E-state index contributed by atoms with van der Waals surface area (Å²) < 4.78 is 0. The molecule has 2 aromatic heterocycles. The first-order valence-electron chi connectivity index (χ1n) is 5.31. The Balaban J connectivity index is 2.18. The van der Waals surface area contributed by atoms with Crippen LogP contribution in [-0.2, 0) is 6.42 Å². The Hall–Kier alpha value is -1.41. The third kappa shape index (κ3) is 2.39. The second-order valence-electron chi connectivity index (χ2n) is 3.97. The number of allylic oxidation sites excluding steroid dienone is 1. The average Bonchev–Trinajstić information content (AvgIpc) is 2.59. The molecule has 2 aromatic rings. The van der Waals surface area contributed by atoms with Crippen molar-refractivity contribution in [3.8, 4) is 0 Å². The summed E-state index contributed by atoms with van der Waals surface area (Å²) in [6.45, 7) is 8.46. The molecule has 0 radical (unpaired) electrons. The van der Waals surface area contributed by atoms with Crippen LogP contribution in [0.3, 0.4) is 0 Å². The fourth-order valence-electron chi connectivity index (χ4n) is 1.83. The molecule has 0 saturated carbocycles. The highest BCUT2D eigenvalue weighted by Gasteiger charge is 2.07. The van der Waals surface area contributed by atoms with Crippen molar-refractivity contribution in [1.29, 1.82) is 0 Å². The SMILES string of the molecule is C=C(Cc1cccnc1)c1cc(C)sc1C. The van der Waals surface area contributed by atoms with Crippen molar-refractivity contribution in [1.82, 2.24) is 4.98 Å². The third-order valence-corrected chi connectivity index (χ3v) is 3.53. The van der Waals surface area contributed by atoms with Crippen molar-refractivity contribution in [2.75, 3.05) is 0 Å². The van der Waals surface area contributed by atoms with Crippen LogP contribution < -0.4 is 0 Å². The molecule has 0 bridgehead atoms. The highest BCUT2D eigenvalue weighted by molar-refractivity contribution is 7.12. The van der Waals surface area contributed by atoms with E-state index in [1.807, 2.05) is 23.6 Å². The van der Waals surface area contributed by atoms with E-state index in [0.717, 1.165) is 6.42 Å². The van der Waals surface area contributed by atoms with Crippen LogP contribution in [0, 0.1) is 13.8 Å². The van der Waals surface area contributed by atoms with Gasteiger partial charge in [0.15, 0.2) is 0 Å². The van der Waals surface area contributed by atoms with Crippen molar-refractivity contribution in [2.24, 2.45) is 0 Å². The zero-order chi connectivity index (χ0) is 11.5. The van der Waals surface area contributed by atoms with E-state index >= 15 is 0 Å². The molecule has 0 fully saturated rings. The van der Waals surface area contributed by atoms with Crippen LogP contribution in [0.15, 0.2) is 37.2 Å². The number of aromatic nitrogens is 1. The lowest BCUT2D eigenvalue weighted by molar-refractivity contribution is 1.20. The van der Waals surface area contributed by atoms with E-state index in [1.54, 1.807) is 6.20 Å². The van der Waals surface area contributed by atoms with E-state index < -0.39 is 0 Å². The van der Waals surface area contributed by atoms with Gasteiger partial charge in [-0.2, -0.15) is 0 Å². The van der Waals surface area contributed by atoms with Gasteiger partial charge in [-0.05, 0) is 49.1 Å². The average molecular weight is 229 g/mol. The van der Waals surface area contributed by atoms with Crippen molar-refractivity contribution in [3.05, 3.63) is 58.1 Å². The fourth-order valence-corrected chi connectivity index (χ4v) is 2.80. The Morgan fingerprint density at radius 1 is 1.44 bits per heavy atom. The predicted octanol–water partition coefficient (Wildman–Crippen LogP) is 4.02. The van der Waals surface area contributed by atoms with Crippen LogP contribution in [0.25, 0.3) is 5.57 Å². The van der Waals surface area contributed by atoms with Gasteiger partial charge in [-0.1, -0.05) is 12.6 Å². The first kappa shape index (κ1) is 11.1. The number of hydrogen-bond donors (Lipinski definition) is 0. The molecule has 0 unspecified atom stereocenters. The van der Waals surface area contributed by atoms with Gasteiger partial charge < -0.3 is 0 Å². The van der Waals surface area contributed by atoms with Crippen LogP contribution >= 0.6 is 11.3 Å². The minimum absolute atomic E-state index is 0.880. The Bertz CT molecular complexity index is 497. The van der Waals surface area contributed by atoms with E-state index in [0.29, 0.717) is 0 Å². The van der Waals surface area contributed by atoms with E-state index in [1.165, 1.54) is 26.5 Å². The van der Waals surface area contributed by atoms with Gasteiger partial charge >= 0.3 is 0 Å². The van der Waals surface area contributed by atoms with Crippen molar-refractivity contribution in [3.63, 3.8) is 0 Å². The fraction of sp³-hybridized carbons (Fsp3) is 0.214. The lowest BCUT2D eigenvalue weighted by Gasteiger charge is -2.04. The third-order valence-electron chi connectivity index (χ3n) is 2.56. The molecule has 2 heteroatoms. The van der Waals surface area contributed by atoms with E-state index in [-0.39, 0.29) is 0 Å². The van der Waals surface area contributed by atoms with Gasteiger partial charge in [0, 0.05) is 22.1 Å². The topological polar surface area (TPSA) is 12.9 Å². The van der Waals surface area contributed by atoms with Gasteiger partial charge in [-0.25, -0.2) is 0 Å². The zero-order valence-corrected chi connectivity index (χ0v) is 10.5. The maximum absolute atomic E-state index is 4.17. The summed E-state index contributed by atoms with van der Waals surface area (Å²) in [5.41, 5.74) is 3.69. The molecule has 0 aliphatic rings. The highest BCUT2D eigenvalue weighted by Crippen LogP contribution is 2.28. The molecule has 16 heavy (non-hydrogen) atoms. The smallest absolute Gasteiger partial charge is 0.0303 e. The largest absolute Gasteiger partial charge is 0.264 e. The summed E-state index contributed by atoms with van der Waals surface area (Å²) in [7, 11) is 0. The van der Waals surface area contributed by atoms with E-state index in [4.69, 9.17) is 0 Å². The minimum atomic E-state index is 0.880. The van der Waals surface area contributed by atoms with Crippen molar-refractivity contribution < 1.29 is 0 Å². The first-order valence-corrected chi connectivity index (χ1v) is 6.12. The summed E-state index contributed by atoms with van der Waals surface area (Å²) in [4.78, 5) is 6.82. The summed E-state index contributed by atoms with van der Waals surface area (Å²) in [6, 6.07) is 6.28. The van der Waals surface area contributed by atoms with Crippen LogP contribution in [0.2, 0.25) is 0 Å². The molecule has 2 rings (SSSR count). The molecular weight excluding hydrogens is 214 g/mol. The predicted molar refractivity (Wildman–Crippen MR) is 70.8 cm³/mol. The number of pyridine rings is 1. The summed E-state index contributed by atoms with van der Waals surface area (Å²) in [5, 5.41) is 0. The Labute approximate surface area is 100 Å². The molecule has 82 valence electrons. The highest BCUT2D eigenvalue weighted by atomic mass is 32.1. The van der Waals surface area contributed by atoms with Gasteiger partial charge in [0.2, 0.25) is 0 Å². The number of aryl methyl sites for hydroxylation is 2. The molecule has 2 heterocycles. The molecule has 0 atom stereocenters. The van der Waals surface area contributed by atoms with Gasteiger partial charge in [-0.15, -0.1) is 11.3 Å². The van der Waals surface area contributed by atoms with Gasteiger partial charge in [-0.3, -0.25) is 4.98 Å². The van der Waals surface area contributed by atoms with Crippen LogP contribution in [-0.4, -0.2) is 4.98 Å². The molecule has 0 aliphatic carbocycles. The number of hydrogen-bond acceptors (Lipinski definition) is 2. The lowest BCUT2D eigenvalue weighted by atomic mass is 10.0. The monoisotopic (exact) mass is 229 g/mol. The second-order valence-corrected chi connectivity index (χ2v) is 5.43. The van der Waals surface area contributed by atoms with Gasteiger partial charge in [0.1, 0.15) is 0 Å². The molecule has 0 N–H and O–H groups in total. The van der Waals surface area contributed by atoms with Gasteiger partial charge in [0.05, 0.1) is 0 Å².